The van der Waals surface area contributed by atoms with E-state index in [1.807, 2.05) is 0 Å². The third kappa shape index (κ3) is 3.25. The van der Waals surface area contributed by atoms with Gasteiger partial charge in [0.15, 0.2) is 0 Å². The number of halogens is 3. The van der Waals surface area contributed by atoms with Gasteiger partial charge in [0.25, 0.3) is 0 Å². The second kappa shape index (κ2) is 5.35. The third-order valence-electron chi connectivity index (χ3n) is 1.41. The van der Waals surface area contributed by atoms with Gasteiger partial charge in [-0.05, 0) is 24.3 Å². The van der Waals surface area contributed by atoms with Gasteiger partial charge in [0.2, 0.25) is 0 Å². The Morgan fingerprint density at radius 1 is 1.15 bits per heavy atom. The fourth-order valence-electron chi connectivity index (χ4n) is 0.871. The molecule has 0 aliphatic carbocycles. The fourth-order valence-corrected chi connectivity index (χ4v) is 2.82. The molecule has 0 unspecified atom stereocenters. The monoisotopic (exact) mass is 254 g/mol. The average molecular weight is 256 g/mol. The van der Waals surface area contributed by atoms with E-state index in [0.29, 0.717) is 15.1 Å². The van der Waals surface area contributed by atoms with Crippen molar-refractivity contribution in [2.45, 2.75) is 18.2 Å². The molecule has 0 saturated heterocycles. The summed E-state index contributed by atoms with van der Waals surface area (Å²) < 4.78 is 0. The number of rotatable bonds is 3. The van der Waals surface area contributed by atoms with E-state index in [-0.39, 0.29) is 0 Å². The molecular formula is C9H9Cl3S. The lowest BCUT2D eigenvalue weighted by Crippen LogP contribution is -1.80. The van der Waals surface area contributed by atoms with Gasteiger partial charge in [-0.2, -0.15) is 0 Å². The third-order valence-corrected chi connectivity index (χ3v) is 3.79. The first kappa shape index (κ1) is 11.5. The number of hydrogen-bond acceptors (Lipinski definition) is 1. The summed E-state index contributed by atoms with van der Waals surface area (Å²) in [4.78, 5) is 0.926. The van der Waals surface area contributed by atoms with Crippen molar-refractivity contribution in [3.05, 3.63) is 27.2 Å². The molecule has 4 heteroatoms. The molecule has 0 bridgehead atoms. The second-order valence-electron chi connectivity index (χ2n) is 2.55. The van der Waals surface area contributed by atoms with E-state index in [2.05, 4.69) is 6.92 Å². The van der Waals surface area contributed by atoms with Crippen molar-refractivity contribution in [1.29, 1.82) is 0 Å². The molecule has 0 nitrogen and oxygen atoms in total. The number of thioether (sulfide) groups is 1. The maximum absolute atomic E-state index is 5.98. The Hall–Kier alpha value is 0.440. The molecule has 0 aromatic heterocycles. The Balaban J connectivity index is 2.92. The van der Waals surface area contributed by atoms with Crippen molar-refractivity contribution < 1.29 is 0 Å². The highest BCUT2D eigenvalue weighted by atomic mass is 35.5. The Kier molecular flexibility index (Phi) is 4.74. The van der Waals surface area contributed by atoms with Crippen molar-refractivity contribution in [3.63, 3.8) is 0 Å². The summed E-state index contributed by atoms with van der Waals surface area (Å²) in [6.45, 7) is 2.12. The normalized spacial score (nSPS) is 10.5. The molecule has 0 N–H and O–H groups in total. The van der Waals surface area contributed by atoms with Crippen LogP contribution in [-0.4, -0.2) is 5.75 Å². The topological polar surface area (TPSA) is 0 Å². The predicted octanol–water partition coefficient (Wildman–Crippen LogP) is 5.15. The lowest BCUT2D eigenvalue weighted by Gasteiger charge is -2.05. The minimum Gasteiger partial charge on any atom is -0.123 e. The molecule has 0 atom stereocenters. The molecule has 1 aromatic rings. The molecule has 0 radical (unpaired) electrons. The lowest BCUT2D eigenvalue weighted by molar-refractivity contribution is 1.10. The molecule has 0 fully saturated rings. The van der Waals surface area contributed by atoms with E-state index < -0.39 is 0 Å². The van der Waals surface area contributed by atoms with Crippen LogP contribution in [0, 0.1) is 0 Å². The summed E-state index contributed by atoms with van der Waals surface area (Å²) in [6.07, 6.45) is 1.10. The zero-order valence-corrected chi connectivity index (χ0v) is 10.2. The van der Waals surface area contributed by atoms with E-state index in [4.69, 9.17) is 34.8 Å². The zero-order chi connectivity index (χ0) is 9.84. The molecule has 0 spiro atoms. The molecule has 0 saturated carbocycles. The molecule has 0 aliphatic heterocycles. The van der Waals surface area contributed by atoms with Crippen molar-refractivity contribution in [2.75, 3.05) is 5.75 Å². The minimum absolute atomic E-state index is 0.579. The van der Waals surface area contributed by atoms with Crippen LogP contribution < -0.4 is 0 Å². The first-order valence-corrected chi connectivity index (χ1v) is 6.04. The van der Waals surface area contributed by atoms with Gasteiger partial charge in [0.05, 0.1) is 10.0 Å². The van der Waals surface area contributed by atoms with Crippen LogP contribution in [0.15, 0.2) is 17.0 Å². The van der Waals surface area contributed by atoms with Crippen molar-refractivity contribution in [3.8, 4) is 0 Å². The van der Waals surface area contributed by atoms with E-state index in [9.17, 15) is 0 Å². The Bertz CT molecular complexity index is 276. The minimum atomic E-state index is 0.579. The van der Waals surface area contributed by atoms with Crippen molar-refractivity contribution in [1.82, 2.24) is 0 Å². The first-order chi connectivity index (χ1) is 6.15. The van der Waals surface area contributed by atoms with Crippen LogP contribution in [0.3, 0.4) is 0 Å². The predicted molar refractivity (Wildman–Crippen MR) is 62.5 cm³/mol. The quantitative estimate of drug-likeness (QED) is 0.673. The highest BCUT2D eigenvalue weighted by molar-refractivity contribution is 7.99. The number of benzene rings is 1. The van der Waals surface area contributed by atoms with Crippen molar-refractivity contribution >= 4 is 46.6 Å². The van der Waals surface area contributed by atoms with E-state index in [1.54, 1.807) is 23.9 Å². The van der Waals surface area contributed by atoms with Crippen LogP contribution in [0.2, 0.25) is 15.1 Å². The highest BCUT2D eigenvalue weighted by Gasteiger charge is 2.07. The SMILES string of the molecule is CCCSc1c(Cl)cc(Cl)cc1Cl. The molecule has 13 heavy (non-hydrogen) atoms. The summed E-state index contributed by atoms with van der Waals surface area (Å²) in [5.41, 5.74) is 0. The molecule has 0 aliphatic rings. The second-order valence-corrected chi connectivity index (χ2v) is 4.90. The van der Waals surface area contributed by atoms with Gasteiger partial charge >= 0.3 is 0 Å². The van der Waals surface area contributed by atoms with Gasteiger partial charge in [-0.3, -0.25) is 0 Å². The zero-order valence-electron chi connectivity index (χ0n) is 7.11. The first-order valence-electron chi connectivity index (χ1n) is 3.92. The van der Waals surface area contributed by atoms with Gasteiger partial charge in [-0.15, -0.1) is 11.8 Å². The standard InChI is InChI=1S/C9H9Cl3S/c1-2-3-13-9-7(11)4-6(10)5-8(9)12/h4-5H,2-3H2,1H3. The van der Waals surface area contributed by atoms with Gasteiger partial charge in [-0.1, -0.05) is 41.7 Å². The van der Waals surface area contributed by atoms with Crippen molar-refractivity contribution in [2.24, 2.45) is 0 Å². The summed E-state index contributed by atoms with van der Waals surface area (Å²) in [6, 6.07) is 3.43. The highest BCUT2D eigenvalue weighted by Crippen LogP contribution is 2.36. The maximum atomic E-state index is 5.98. The van der Waals surface area contributed by atoms with Crippen LogP contribution >= 0.6 is 46.6 Å². The Morgan fingerprint density at radius 3 is 2.15 bits per heavy atom. The van der Waals surface area contributed by atoms with E-state index >= 15 is 0 Å². The molecule has 0 heterocycles. The largest absolute Gasteiger partial charge is 0.123 e. The summed E-state index contributed by atoms with van der Waals surface area (Å²) in [5, 5.41) is 1.85. The molecule has 72 valence electrons. The Labute approximate surface area is 97.6 Å². The molecule has 0 amide bonds. The van der Waals surface area contributed by atoms with Crippen LogP contribution in [0.5, 0.6) is 0 Å². The van der Waals surface area contributed by atoms with Crippen LogP contribution in [-0.2, 0) is 0 Å². The van der Waals surface area contributed by atoms with Crippen LogP contribution in [0.25, 0.3) is 0 Å². The van der Waals surface area contributed by atoms with Crippen LogP contribution in [0.4, 0.5) is 0 Å². The smallest absolute Gasteiger partial charge is 0.0571 e. The van der Waals surface area contributed by atoms with E-state index in [0.717, 1.165) is 17.1 Å². The lowest BCUT2D eigenvalue weighted by atomic mass is 10.4. The molecule has 1 aromatic carbocycles. The van der Waals surface area contributed by atoms with Gasteiger partial charge in [0, 0.05) is 9.92 Å². The molecular weight excluding hydrogens is 247 g/mol. The summed E-state index contributed by atoms with van der Waals surface area (Å²) in [5.74, 6) is 1.01. The average Bonchev–Trinajstić information content (AvgIpc) is 2.02. The summed E-state index contributed by atoms with van der Waals surface area (Å²) >= 11 is 19.4. The van der Waals surface area contributed by atoms with Gasteiger partial charge in [-0.25, -0.2) is 0 Å². The maximum Gasteiger partial charge on any atom is 0.0571 e. The Morgan fingerprint density at radius 2 is 1.69 bits per heavy atom. The van der Waals surface area contributed by atoms with Crippen LogP contribution in [0.1, 0.15) is 13.3 Å². The number of hydrogen-bond donors (Lipinski definition) is 0. The van der Waals surface area contributed by atoms with Gasteiger partial charge in [0.1, 0.15) is 0 Å². The van der Waals surface area contributed by atoms with E-state index in [1.165, 1.54) is 0 Å². The molecule has 1 rings (SSSR count). The fraction of sp³-hybridized carbons (Fsp3) is 0.333. The summed E-state index contributed by atoms with van der Waals surface area (Å²) in [7, 11) is 0. The van der Waals surface area contributed by atoms with Gasteiger partial charge < -0.3 is 0 Å².